The van der Waals surface area contributed by atoms with Crippen molar-refractivity contribution >= 4 is 39.7 Å². The molecule has 0 spiro atoms. The fourth-order valence-electron chi connectivity index (χ4n) is 3.43. The molecule has 1 aromatic heterocycles. The van der Waals surface area contributed by atoms with Gasteiger partial charge in [-0.15, -0.1) is 0 Å². The van der Waals surface area contributed by atoms with Gasteiger partial charge in [0.15, 0.2) is 0 Å². The second-order valence-electron chi connectivity index (χ2n) is 7.46. The fourth-order valence-corrected chi connectivity index (χ4v) is 3.63. The van der Waals surface area contributed by atoms with Gasteiger partial charge in [-0.25, -0.2) is 4.98 Å². The van der Waals surface area contributed by atoms with Gasteiger partial charge < -0.3 is 15.5 Å². The number of anilines is 3. The van der Waals surface area contributed by atoms with Gasteiger partial charge in [0.25, 0.3) is 0 Å². The molecule has 3 aromatic carbocycles. The Bertz CT molecular complexity index is 1140. The monoisotopic (exact) mass is 416 g/mol. The summed E-state index contributed by atoms with van der Waals surface area (Å²) in [5, 5.41) is 8.82. The zero-order valence-electron chi connectivity index (χ0n) is 17.2. The first-order chi connectivity index (χ1) is 14.6. The van der Waals surface area contributed by atoms with Gasteiger partial charge >= 0.3 is 0 Å². The first-order valence-corrected chi connectivity index (χ1v) is 10.3. The molecule has 4 rings (SSSR count). The molecule has 1 heterocycles. The predicted octanol–water partition coefficient (Wildman–Crippen LogP) is 5.99. The number of rotatable bonds is 7. The van der Waals surface area contributed by atoms with Crippen molar-refractivity contribution in [3.05, 3.63) is 95.0 Å². The summed E-state index contributed by atoms with van der Waals surface area (Å²) < 4.78 is 0. The second-order valence-corrected chi connectivity index (χ2v) is 7.86. The molecule has 4 aromatic rings. The van der Waals surface area contributed by atoms with Crippen LogP contribution in [0.1, 0.15) is 11.1 Å². The Morgan fingerprint density at radius 1 is 0.867 bits per heavy atom. The molecule has 0 aliphatic carbocycles. The number of halogens is 1. The molecule has 0 amide bonds. The quantitative estimate of drug-likeness (QED) is 0.388. The van der Waals surface area contributed by atoms with E-state index in [0.29, 0.717) is 0 Å². The Kier molecular flexibility index (Phi) is 6.17. The summed E-state index contributed by atoms with van der Waals surface area (Å²) in [6, 6.07) is 26.6. The summed E-state index contributed by atoms with van der Waals surface area (Å²) >= 11 is 6.21. The molecule has 0 bridgehead atoms. The average Bonchev–Trinajstić information content (AvgIpc) is 2.75. The number of nitrogens with one attached hydrogen (secondary N) is 2. The topological polar surface area (TPSA) is 40.2 Å². The van der Waals surface area contributed by atoms with E-state index in [-0.39, 0.29) is 0 Å². The van der Waals surface area contributed by atoms with E-state index in [0.717, 1.165) is 51.8 Å². The van der Waals surface area contributed by atoms with E-state index in [2.05, 4.69) is 66.0 Å². The van der Waals surface area contributed by atoms with Crippen LogP contribution in [0.2, 0.25) is 5.02 Å². The lowest BCUT2D eigenvalue weighted by molar-refractivity contribution is 0.693. The molecular formula is C25H25ClN4. The van der Waals surface area contributed by atoms with Gasteiger partial charge in [0.2, 0.25) is 0 Å². The van der Waals surface area contributed by atoms with Gasteiger partial charge in [0.05, 0.1) is 5.52 Å². The normalized spacial score (nSPS) is 10.9. The number of hydrogen-bond donors (Lipinski definition) is 2. The largest absolute Gasteiger partial charge is 0.377 e. The van der Waals surface area contributed by atoms with E-state index in [4.69, 9.17) is 16.6 Å². The summed E-state index contributed by atoms with van der Waals surface area (Å²) in [6.07, 6.45) is 0. The van der Waals surface area contributed by atoms with Crippen molar-refractivity contribution in [3.8, 4) is 0 Å². The summed E-state index contributed by atoms with van der Waals surface area (Å²) in [5.74, 6) is 0.835. The van der Waals surface area contributed by atoms with Crippen LogP contribution in [0.15, 0.2) is 78.9 Å². The molecule has 0 fully saturated rings. The van der Waals surface area contributed by atoms with E-state index in [1.54, 1.807) is 0 Å². The molecule has 2 N–H and O–H groups in total. The van der Waals surface area contributed by atoms with E-state index in [9.17, 15) is 0 Å². The van der Waals surface area contributed by atoms with Crippen LogP contribution in [0.4, 0.5) is 17.2 Å². The Hall–Kier alpha value is -3.08. The molecule has 152 valence electrons. The second kappa shape index (κ2) is 9.16. The number of fused-ring (bicyclic) bond motifs is 1. The lowest BCUT2D eigenvalue weighted by Crippen LogP contribution is -2.13. The van der Waals surface area contributed by atoms with Crippen molar-refractivity contribution in [2.75, 3.05) is 24.3 Å². The van der Waals surface area contributed by atoms with Gasteiger partial charge in [0.1, 0.15) is 5.82 Å². The average molecular weight is 417 g/mol. The smallest absolute Gasteiger partial charge is 0.133 e. The molecular weight excluding hydrogens is 392 g/mol. The maximum atomic E-state index is 6.21. The lowest BCUT2D eigenvalue weighted by Gasteiger charge is -2.17. The highest BCUT2D eigenvalue weighted by molar-refractivity contribution is 6.31. The third-order valence-corrected chi connectivity index (χ3v) is 5.37. The molecule has 4 nitrogen and oxygen atoms in total. The van der Waals surface area contributed by atoms with E-state index in [1.165, 1.54) is 5.56 Å². The van der Waals surface area contributed by atoms with Crippen molar-refractivity contribution in [1.29, 1.82) is 0 Å². The minimum Gasteiger partial charge on any atom is -0.377 e. The minimum atomic E-state index is 0.744. The van der Waals surface area contributed by atoms with Crippen LogP contribution in [0.3, 0.4) is 0 Å². The molecule has 0 unspecified atom stereocenters. The zero-order valence-corrected chi connectivity index (χ0v) is 17.9. The van der Waals surface area contributed by atoms with Crippen LogP contribution >= 0.6 is 11.6 Å². The molecule has 30 heavy (non-hydrogen) atoms. The Morgan fingerprint density at radius 2 is 1.60 bits per heavy atom. The molecule has 0 saturated heterocycles. The standard InChI is InChI=1S/C25H25ClN4/c1-30(2)24-15-25(29-23-10-6-4-8-21(23)24)28-20-13-11-18(12-14-20)16-27-17-19-7-3-5-9-22(19)26/h3-15,27H,16-17H2,1-2H3,(H,28,29). The zero-order chi connectivity index (χ0) is 20.9. The SMILES string of the molecule is CN(C)c1cc(Nc2ccc(CNCc3ccccc3Cl)cc2)nc2ccccc12. The van der Waals surface area contributed by atoms with Crippen molar-refractivity contribution in [3.63, 3.8) is 0 Å². The minimum absolute atomic E-state index is 0.744. The van der Waals surface area contributed by atoms with Gasteiger partial charge in [-0.1, -0.05) is 60.1 Å². The first kappa shape index (κ1) is 20.2. The van der Waals surface area contributed by atoms with E-state index < -0.39 is 0 Å². The summed E-state index contributed by atoms with van der Waals surface area (Å²) in [6.45, 7) is 1.53. The predicted molar refractivity (Wildman–Crippen MR) is 128 cm³/mol. The number of benzene rings is 3. The van der Waals surface area contributed by atoms with Gasteiger partial charge in [-0.3, -0.25) is 0 Å². The van der Waals surface area contributed by atoms with Crippen LogP contribution in [-0.4, -0.2) is 19.1 Å². The van der Waals surface area contributed by atoms with Gasteiger partial charge in [-0.05, 0) is 35.4 Å². The van der Waals surface area contributed by atoms with Crippen molar-refractivity contribution in [2.45, 2.75) is 13.1 Å². The third-order valence-electron chi connectivity index (χ3n) is 5.00. The van der Waals surface area contributed by atoms with Gasteiger partial charge in [-0.2, -0.15) is 0 Å². The summed E-state index contributed by atoms with van der Waals surface area (Å²) in [4.78, 5) is 6.88. The van der Waals surface area contributed by atoms with E-state index >= 15 is 0 Å². The summed E-state index contributed by atoms with van der Waals surface area (Å²) in [5.41, 5.74) is 5.46. The molecule has 0 saturated carbocycles. The van der Waals surface area contributed by atoms with Crippen LogP contribution in [0.5, 0.6) is 0 Å². The van der Waals surface area contributed by atoms with E-state index in [1.807, 2.05) is 42.5 Å². The van der Waals surface area contributed by atoms with Crippen LogP contribution in [0.25, 0.3) is 10.9 Å². The van der Waals surface area contributed by atoms with Crippen molar-refractivity contribution in [1.82, 2.24) is 10.3 Å². The number of hydrogen-bond acceptors (Lipinski definition) is 4. The Morgan fingerprint density at radius 3 is 2.37 bits per heavy atom. The van der Waals surface area contributed by atoms with Crippen LogP contribution in [-0.2, 0) is 13.1 Å². The molecule has 5 heteroatoms. The van der Waals surface area contributed by atoms with Crippen LogP contribution in [0, 0.1) is 0 Å². The van der Waals surface area contributed by atoms with Crippen molar-refractivity contribution in [2.24, 2.45) is 0 Å². The van der Waals surface area contributed by atoms with Gasteiger partial charge in [0, 0.05) is 55.0 Å². The fraction of sp³-hybridized carbons (Fsp3) is 0.160. The number of nitrogens with zero attached hydrogens (tertiary/aromatic N) is 2. The summed E-state index contributed by atoms with van der Waals surface area (Å²) in [7, 11) is 4.10. The molecule has 0 aliphatic heterocycles. The van der Waals surface area contributed by atoms with Crippen LogP contribution < -0.4 is 15.5 Å². The highest BCUT2D eigenvalue weighted by Crippen LogP contribution is 2.28. The number of para-hydroxylation sites is 1. The Labute approximate surface area is 182 Å². The molecule has 0 atom stereocenters. The molecule has 0 aliphatic rings. The number of aromatic nitrogens is 1. The number of pyridine rings is 1. The highest BCUT2D eigenvalue weighted by Gasteiger charge is 2.07. The third kappa shape index (κ3) is 4.73. The maximum Gasteiger partial charge on any atom is 0.133 e. The highest BCUT2D eigenvalue weighted by atomic mass is 35.5. The Balaban J connectivity index is 1.43. The first-order valence-electron chi connectivity index (χ1n) is 9.97. The lowest BCUT2D eigenvalue weighted by atomic mass is 10.1. The maximum absolute atomic E-state index is 6.21. The molecule has 0 radical (unpaired) electrons. The van der Waals surface area contributed by atoms with Crippen molar-refractivity contribution < 1.29 is 0 Å².